The summed E-state index contributed by atoms with van der Waals surface area (Å²) < 4.78 is 5.50. The van der Waals surface area contributed by atoms with Crippen molar-refractivity contribution in [3.8, 4) is 0 Å². The smallest absolute Gasteiger partial charge is 0.255 e. The van der Waals surface area contributed by atoms with Crippen LogP contribution in [0.2, 0.25) is 0 Å². The average molecular weight is 293 g/mol. The van der Waals surface area contributed by atoms with Crippen LogP contribution in [-0.4, -0.2) is 22.5 Å². The van der Waals surface area contributed by atoms with Gasteiger partial charge in [0.05, 0.1) is 5.56 Å². The third-order valence-corrected chi connectivity index (χ3v) is 4.45. The zero-order valence-corrected chi connectivity index (χ0v) is 12.8. The maximum absolute atomic E-state index is 12.6. The van der Waals surface area contributed by atoms with Crippen molar-refractivity contribution in [2.24, 2.45) is 10.9 Å². The summed E-state index contributed by atoms with van der Waals surface area (Å²) in [5.41, 5.74) is 6.47. The number of furan rings is 1. The molecule has 4 N–H and O–H groups in total. The highest BCUT2D eigenvalue weighted by Crippen LogP contribution is 2.30. The molecule has 0 aliphatic heterocycles. The lowest BCUT2D eigenvalue weighted by atomic mass is 9.80. The van der Waals surface area contributed by atoms with E-state index in [1.165, 1.54) is 0 Å². The summed E-state index contributed by atoms with van der Waals surface area (Å²) in [6.45, 7) is 5.46. The van der Waals surface area contributed by atoms with Gasteiger partial charge in [0.15, 0.2) is 5.84 Å². The van der Waals surface area contributed by atoms with Crippen molar-refractivity contribution in [1.82, 2.24) is 5.32 Å². The molecule has 1 aliphatic carbocycles. The van der Waals surface area contributed by atoms with Gasteiger partial charge in [0.2, 0.25) is 0 Å². The molecule has 1 saturated carbocycles. The van der Waals surface area contributed by atoms with Gasteiger partial charge in [-0.25, -0.2) is 0 Å². The van der Waals surface area contributed by atoms with Crippen molar-refractivity contribution < 1.29 is 14.4 Å². The number of nitrogens with zero attached hydrogens (tertiary/aromatic N) is 1. The van der Waals surface area contributed by atoms with Crippen LogP contribution in [0.15, 0.2) is 9.57 Å². The van der Waals surface area contributed by atoms with Gasteiger partial charge in [-0.2, -0.15) is 0 Å². The van der Waals surface area contributed by atoms with Crippen LogP contribution in [0.4, 0.5) is 0 Å². The van der Waals surface area contributed by atoms with Crippen molar-refractivity contribution in [2.75, 3.05) is 0 Å². The molecule has 0 bridgehead atoms. The Morgan fingerprint density at radius 2 is 1.86 bits per heavy atom. The van der Waals surface area contributed by atoms with Crippen LogP contribution in [0, 0.1) is 20.8 Å². The van der Waals surface area contributed by atoms with Gasteiger partial charge in [0.1, 0.15) is 17.1 Å². The van der Waals surface area contributed by atoms with E-state index < -0.39 is 5.54 Å². The fourth-order valence-corrected chi connectivity index (χ4v) is 3.10. The molecule has 1 amide bonds. The molecule has 0 unspecified atom stereocenters. The Labute approximate surface area is 124 Å². The third-order valence-electron chi connectivity index (χ3n) is 4.45. The first-order valence-electron chi connectivity index (χ1n) is 7.28. The summed E-state index contributed by atoms with van der Waals surface area (Å²) in [5.74, 6) is 1.17. The largest absolute Gasteiger partial charge is 0.466 e. The lowest BCUT2D eigenvalue weighted by Crippen LogP contribution is -2.58. The number of amidine groups is 1. The van der Waals surface area contributed by atoms with Crippen molar-refractivity contribution in [2.45, 2.75) is 58.4 Å². The number of nitrogens with two attached hydrogens (primary N) is 1. The molecule has 0 aromatic carbocycles. The van der Waals surface area contributed by atoms with Crippen LogP contribution < -0.4 is 11.1 Å². The molecule has 0 radical (unpaired) electrons. The molecule has 6 nitrogen and oxygen atoms in total. The predicted molar refractivity (Wildman–Crippen MR) is 79.6 cm³/mol. The summed E-state index contributed by atoms with van der Waals surface area (Å²) in [7, 11) is 0. The summed E-state index contributed by atoms with van der Waals surface area (Å²) in [6.07, 6.45) is 4.35. The van der Waals surface area contributed by atoms with Gasteiger partial charge < -0.3 is 20.7 Å². The first-order valence-corrected chi connectivity index (χ1v) is 7.28. The number of amides is 1. The van der Waals surface area contributed by atoms with Gasteiger partial charge in [-0.15, -0.1) is 0 Å². The van der Waals surface area contributed by atoms with E-state index in [2.05, 4.69) is 10.5 Å². The Morgan fingerprint density at radius 1 is 1.24 bits per heavy atom. The zero-order valence-electron chi connectivity index (χ0n) is 12.8. The normalized spacial score (nSPS) is 18.5. The molecule has 1 aromatic rings. The van der Waals surface area contributed by atoms with Crippen LogP contribution in [0.1, 0.15) is 59.5 Å². The fourth-order valence-electron chi connectivity index (χ4n) is 3.10. The summed E-state index contributed by atoms with van der Waals surface area (Å²) >= 11 is 0. The maximum Gasteiger partial charge on any atom is 0.255 e. The Kier molecular flexibility index (Phi) is 4.25. The number of hydrogen-bond donors (Lipinski definition) is 3. The summed E-state index contributed by atoms with van der Waals surface area (Å²) in [5, 5.41) is 15.2. The van der Waals surface area contributed by atoms with Crippen molar-refractivity contribution >= 4 is 11.7 Å². The molecule has 1 fully saturated rings. The van der Waals surface area contributed by atoms with Gasteiger partial charge in [-0.05, 0) is 33.6 Å². The maximum atomic E-state index is 12.6. The molecule has 6 heteroatoms. The number of oxime groups is 1. The van der Waals surface area contributed by atoms with Crippen LogP contribution in [0.5, 0.6) is 0 Å². The molecular formula is C15H23N3O3. The first kappa shape index (κ1) is 15.4. The van der Waals surface area contributed by atoms with E-state index in [-0.39, 0.29) is 11.7 Å². The van der Waals surface area contributed by atoms with Crippen molar-refractivity contribution in [1.29, 1.82) is 0 Å². The van der Waals surface area contributed by atoms with E-state index in [1.54, 1.807) is 6.92 Å². The second-order valence-corrected chi connectivity index (χ2v) is 5.80. The second-order valence-electron chi connectivity index (χ2n) is 5.80. The Bertz CT molecular complexity index is 569. The quantitative estimate of drug-likeness (QED) is 0.345. The topological polar surface area (TPSA) is 101 Å². The highest BCUT2D eigenvalue weighted by molar-refractivity contribution is 6.01. The van der Waals surface area contributed by atoms with E-state index in [4.69, 9.17) is 15.4 Å². The first-order chi connectivity index (χ1) is 9.91. The molecule has 1 aliphatic rings. The highest BCUT2D eigenvalue weighted by atomic mass is 16.4. The number of rotatable bonds is 3. The highest BCUT2D eigenvalue weighted by Gasteiger charge is 2.39. The van der Waals surface area contributed by atoms with Crippen LogP contribution >= 0.6 is 0 Å². The lowest BCUT2D eigenvalue weighted by Gasteiger charge is -2.36. The molecule has 0 spiro atoms. The minimum atomic E-state index is -0.756. The minimum absolute atomic E-state index is 0.0751. The Morgan fingerprint density at radius 3 is 2.33 bits per heavy atom. The number of hydrogen-bond acceptors (Lipinski definition) is 4. The molecule has 2 rings (SSSR count). The standard InChI is InChI=1S/C15H23N3O3/c1-9-10(2)21-11(3)12(9)13(19)17-15(14(16)18-20)7-5-4-6-8-15/h20H,4-8H2,1-3H3,(H2,16,18)(H,17,19). The van der Waals surface area contributed by atoms with Gasteiger partial charge in [0, 0.05) is 5.56 Å². The third kappa shape index (κ3) is 2.75. The molecule has 21 heavy (non-hydrogen) atoms. The number of carbonyl (C=O) groups is 1. The molecule has 0 atom stereocenters. The van der Waals surface area contributed by atoms with Crippen LogP contribution in [0.3, 0.4) is 0 Å². The Balaban J connectivity index is 2.30. The summed E-state index contributed by atoms with van der Waals surface area (Å²) in [4.78, 5) is 12.6. The average Bonchev–Trinajstić information content (AvgIpc) is 2.72. The van der Waals surface area contributed by atoms with E-state index >= 15 is 0 Å². The van der Waals surface area contributed by atoms with E-state index in [9.17, 15) is 4.79 Å². The fraction of sp³-hybridized carbons (Fsp3) is 0.600. The molecule has 0 saturated heterocycles. The van der Waals surface area contributed by atoms with E-state index in [0.29, 0.717) is 24.2 Å². The van der Waals surface area contributed by atoms with Gasteiger partial charge >= 0.3 is 0 Å². The molecule has 1 heterocycles. The van der Waals surface area contributed by atoms with Gasteiger partial charge in [-0.1, -0.05) is 24.4 Å². The molecule has 116 valence electrons. The van der Waals surface area contributed by atoms with Crippen molar-refractivity contribution in [3.63, 3.8) is 0 Å². The van der Waals surface area contributed by atoms with Crippen molar-refractivity contribution in [3.05, 3.63) is 22.6 Å². The monoisotopic (exact) mass is 293 g/mol. The minimum Gasteiger partial charge on any atom is -0.466 e. The summed E-state index contributed by atoms with van der Waals surface area (Å²) in [6, 6.07) is 0. The van der Waals surface area contributed by atoms with Gasteiger partial charge in [-0.3, -0.25) is 4.79 Å². The van der Waals surface area contributed by atoms with Crippen LogP contribution in [0.25, 0.3) is 0 Å². The SMILES string of the molecule is Cc1oc(C)c(C(=O)NC2(C(N)=NO)CCCCC2)c1C. The second kappa shape index (κ2) is 5.79. The molecule has 1 aromatic heterocycles. The van der Waals surface area contributed by atoms with Crippen LogP contribution in [-0.2, 0) is 0 Å². The predicted octanol–water partition coefficient (Wildman–Crippen LogP) is 2.38. The van der Waals surface area contributed by atoms with E-state index in [0.717, 1.165) is 30.6 Å². The number of nitrogens with one attached hydrogen (secondary N) is 1. The number of aryl methyl sites for hydroxylation is 2. The lowest BCUT2D eigenvalue weighted by molar-refractivity contribution is 0.0903. The zero-order chi connectivity index (χ0) is 15.6. The Hall–Kier alpha value is -1.98. The van der Waals surface area contributed by atoms with E-state index in [1.807, 2.05) is 13.8 Å². The van der Waals surface area contributed by atoms with Gasteiger partial charge in [0.25, 0.3) is 5.91 Å². The molecular weight excluding hydrogens is 270 g/mol. The number of carbonyl (C=O) groups excluding carboxylic acids is 1.